The van der Waals surface area contributed by atoms with Crippen molar-refractivity contribution in [3.05, 3.63) is 106 Å². The third-order valence-electron chi connectivity index (χ3n) is 5.00. The van der Waals surface area contributed by atoms with Crippen LogP contribution in [0.4, 0.5) is 11.4 Å². The molecule has 1 heterocycles. The molecule has 0 saturated carbocycles. The molecule has 7 nitrogen and oxygen atoms in total. The lowest BCUT2D eigenvalue weighted by Crippen LogP contribution is -2.18. The Hall–Kier alpha value is -3.91. The predicted molar refractivity (Wildman–Crippen MR) is 135 cm³/mol. The van der Waals surface area contributed by atoms with Crippen LogP contribution in [0.15, 0.2) is 89.5 Å². The minimum absolute atomic E-state index is 0.146. The maximum absolute atomic E-state index is 13.0. The molecule has 4 rings (SSSR count). The van der Waals surface area contributed by atoms with Crippen LogP contribution in [0.5, 0.6) is 5.75 Å². The quantitative estimate of drug-likeness (QED) is 0.311. The molecule has 3 aromatic carbocycles. The summed E-state index contributed by atoms with van der Waals surface area (Å²) < 4.78 is 8.32. The molecule has 172 valence electrons. The van der Waals surface area contributed by atoms with Crippen molar-refractivity contribution >= 4 is 39.1 Å². The molecule has 0 saturated heterocycles. The van der Waals surface area contributed by atoms with Crippen molar-refractivity contribution < 1.29 is 14.3 Å². The standard InChI is InChI=1S/C26H23BrN4O3/c1-2-31-16-22(24(30-31)26(33)28-20-11-4-3-5-12-20)29-25(32)19-10-8-9-18(15-19)17-34-23-14-7-6-13-21(23)27/h3-16H,2,17H2,1H3,(H,28,33)(H,29,32). The zero-order valence-corrected chi connectivity index (χ0v) is 20.1. The number of benzene rings is 3. The molecular weight excluding hydrogens is 496 g/mol. The van der Waals surface area contributed by atoms with Gasteiger partial charge in [0, 0.05) is 24.0 Å². The highest BCUT2D eigenvalue weighted by Crippen LogP contribution is 2.25. The molecule has 2 N–H and O–H groups in total. The first kappa shape index (κ1) is 23.3. The van der Waals surface area contributed by atoms with Gasteiger partial charge in [-0.15, -0.1) is 0 Å². The van der Waals surface area contributed by atoms with Crippen LogP contribution in [0.1, 0.15) is 33.3 Å². The minimum atomic E-state index is -0.399. The normalized spacial score (nSPS) is 10.5. The summed E-state index contributed by atoms with van der Waals surface area (Å²) in [7, 11) is 0. The number of para-hydroxylation sites is 2. The van der Waals surface area contributed by atoms with Gasteiger partial charge in [0.05, 0.1) is 10.2 Å². The number of hydrogen-bond donors (Lipinski definition) is 2. The number of anilines is 2. The number of aryl methyl sites for hydroxylation is 1. The summed E-state index contributed by atoms with van der Waals surface area (Å²) >= 11 is 3.46. The molecule has 2 amide bonds. The van der Waals surface area contributed by atoms with Crippen LogP contribution in [0.25, 0.3) is 0 Å². The van der Waals surface area contributed by atoms with Crippen molar-refractivity contribution in [3.8, 4) is 5.75 Å². The zero-order valence-electron chi connectivity index (χ0n) is 18.5. The Labute approximate surface area is 205 Å². The number of carbonyl (C=O) groups excluding carboxylic acids is 2. The van der Waals surface area contributed by atoms with Gasteiger partial charge in [-0.3, -0.25) is 14.3 Å². The van der Waals surface area contributed by atoms with Gasteiger partial charge in [0.2, 0.25) is 0 Å². The molecule has 0 radical (unpaired) electrons. The van der Waals surface area contributed by atoms with Gasteiger partial charge in [0.15, 0.2) is 5.69 Å². The predicted octanol–water partition coefficient (Wildman–Crippen LogP) is 5.75. The first-order valence-corrected chi connectivity index (χ1v) is 11.5. The number of amides is 2. The second-order valence-electron chi connectivity index (χ2n) is 7.44. The number of nitrogens with one attached hydrogen (secondary N) is 2. The second kappa shape index (κ2) is 10.8. The molecule has 0 fully saturated rings. The summed E-state index contributed by atoms with van der Waals surface area (Å²) in [5.74, 6) is -0.0187. The molecule has 0 aliphatic rings. The Morgan fingerprint density at radius 1 is 0.941 bits per heavy atom. The number of carbonyl (C=O) groups is 2. The highest BCUT2D eigenvalue weighted by molar-refractivity contribution is 9.10. The maximum Gasteiger partial charge on any atom is 0.278 e. The average molecular weight is 519 g/mol. The second-order valence-corrected chi connectivity index (χ2v) is 8.30. The van der Waals surface area contributed by atoms with Crippen LogP contribution < -0.4 is 15.4 Å². The fourth-order valence-corrected chi connectivity index (χ4v) is 3.67. The molecule has 34 heavy (non-hydrogen) atoms. The summed E-state index contributed by atoms with van der Waals surface area (Å²) in [6.45, 7) is 2.78. The number of halogens is 1. The lowest BCUT2D eigenvalue weighted by atomic mass is 10.1. The van der Waals surface area contributed by atoms with Crippen molar-refractivity contribution in [2.24, 2.45) is 0 Å². The lowest BCUT2D eigenvalue weighted by molar-refractivity contribution is 0.102. The largest absolute Gasteiger partial charge is 0.488 e. The van der Waals surface area contributed by atoms with Gasteiger partial charge in [-0.1, -0.05) is 42.5 Å². The molecule has 0 atom stereocenters. The molecule has 0 unspecified atom stereocenters. The monoisotopic (exact) mass is 518 g/mol. The van der Waals surface area contributed by atoms with Gasteiger partial charge in [0.1, 0.15) is 12.4 Å². The minimum Gasteiger partial charge on any atom is -0.488 e. The van der Waals surface area contributed by atoms with E-state index in [-0.39, 0.29) is 11.6 Å². The van der Waals surface area contributed by atoms with Crippen LogP contribution in [0, 0.1) is 0 Å². The van der Waals surface area contributed by atoms with E-state index in [0.717, 1.165) is 15.8 Å². The van der Waals surface area contributed by atoms with E-state index >= 15 is 0 Å². The average Bonchev–Trinajstić information content (AvgIpc) is 3.27. The SMILES string of the molecule is CCn1cc(NC(=O)c2cccc(COc3ccccc3Br)c2)c(C(=O)Nc2ccccc2)n1. The zero-order chi connectivity index (χ0) is 23.9. The van der Waals surface area contributed by atoms with Crippen LogP contribution in [-0.2, 0) is 13.2 Å². The van der Waals surface area contributed by atoms with Crippen LogP contribution >= 0.6 is 15.9 Å². The number of nitrogens with zero attached hydrogens (tertiary/aromatic N) is 2. The van der Waals surface area contributed by atoms with Crippen molar-refractivity contribution in [1.82, 2.24) is 9.78 Å². The topological polar surface area (TPSA) is 85.2 Å². The Balaban J connectivity index is 1.48. The van der Waals surface area contributed by atoms with Crippen LogP contribution in [-0.4, -0.2) is 21.6 Å². The molecule has 0 bridgehead atoms. The molecule has 4 aromatic rings. The fraction of sp³-hybridized carbons (Fsp3) is 0.115. The van der Waals surface area contributed by atoms with Crippen molar-refractivity contribution in [2.45, 2.75) is 20.1 Å². The highest BCUT2D eigenvalue weighted by atomic mass is 79.9. The third kappa shape index (κ3) is 5.71. The van der Waals surface area contributed by atoms with Gasteiger partial charge >= 0.3 is 0 Å². The Bertz CT molecular complexity index is 1300. The third-order valence-corrected chi connectivity index (χ3v) is 5.66. The maximum atomic E-state index is 13.0. The van der Waals surface area contributed by atoms with Gasteiger partial charge in [0.25, 0.3) is 11.8 Å². The van der Waals surface area contributed by atoms with Crippen molar-refractivity contribution in [3.63, 3.8) is 0 Å². The molecule has 8 heteroatoms. The van der Waals surface area contributed by atoms with Crippen molar-refractivity contribution in [2.75, 3.05) is 10.6 Å². The van der Waals surface area contributed by atoms with Crippen LogP contribution in [0.3, 0.4) is 0 Å². The molecule has 0 spiro atoms. The van der Waals surface area contributed by atoms with E-state index in [4.69, 9.17) is 4.74 Å². The van der Waals surface area contributed by atoms with E-state index in [1.54, 1.807) is 41.2 Å². The summed E-state index contributed by atoms with van der Waals surface area (Å²) in [6, 6.07) is 23.8. The highest BCUT2D eigenvalue weighted by Gasteiger charge is 2.19. The van der Waals surface area contributed by atoms with Gasteiger partial charge < -0.3 is 15.4 Å². The number of rotatable bonds is 8. The number of aromatic nitrogens is 2. The number of hydrogen-bond acceptors (Lipinski definition) is 4. The van der Waals surface area contributed by atoms with E-state index in [2.05, 4.69) is 31.7 Å². The van der Waals surface area contributed by atoms with Crippen LogP contribution in [0.2, 0.25) is 0 Å². The van der Waals surface area contributed by atoms with E-state index in [1.165, 1.54) is 0 Å². The molecular formula is C26H23BrN4O3. The lowest BCUT2D eigenvalue weighted by Gasteiger charge is -2.10. The van der Waals surface area contributed by atoms with E-state index in [9.17, 15) is 9.59 Å². The first-order valence-electron chi connectivity index (χ1n) is 10.7. The molecule has 0 aliphatic heterocycles. The summed E-state index contributed by atoms with van der Waals surface area (Å²) in [6.07, 6.45) is 1.65. The summed E-state index contributed by atoms with van der Waals surface area (Å²) in [4.78, 5) is 25.8. The Morgan fingerprint density at radius 3 is 2.47 bits per heavy atom. The fourth-order valence-electron chi connectivity index (χ4n) is 3.27. The van der Waals surface area contributed by atoms with Crippen molar-refractivity contribution in [1.29, 1.82) is 0 Å². The van der Waals surface area contributed by atoms with E-state index in [0.29, 0.717) is 30.1 Å². The van der Waals surface area contributed by atoms with Gasteiger partial charge in [-0.05, 0) is 64.8 Å². The Kier molecular flexibility index (Phi) is 7.39. The smallest absolute Gasteiger partial charge is 0.278 e. The molecule has 0 aliphatic carbocycles. The Morgan fingerprint density at radius 2 is 1.71 bits per heavy atom. The number of ether oxygens (including phenoxy) is 1. The van der Waals surface area contributed by atoms with Gasteiger partial charge in [-0.2, -0.15) is 5.10 Å². The summed E-state index contributed by atoms with van der Waals surface area (Å²) in [5.41, 5.74) is 2.43. The van der Waals surface area contributed by atoms with Gasteiger partial charge in [-0.25, -0.2) is 0 Å². The van der Waals surface area contributed by atoms with E-state index in [1.807, 2.05) is 55.5 Å². The summed E-state index contributed by atoms with van der Waals surface area (Å²) in [5, 5.41) is 9.96. The van der Waals surface area contributed by atoms with E-state index < -0.39 is 5.91 Å². The molecule has 1 aromatic heterocycles. The first-order chi connectivity index (χ1) is 16.5.